The van der Waals surface area contributed by atoms with E-state index in [1.54, 1.807) is 12.1 Å². The highest BCUT2D eigenvalue weighted by Crippen LogP contribution is 2.25. The quantitative estimate of drug-likeness (QED) is 0.496. The number of nitrogens with zero attached hydrogens (tertiary/aromatic N) is 2. The van der Waals surface area contributed by atoms with E-state index in [4.69, 9.17) is 28.9 Å². The number of anilines is 3. The average molecular weight is 402 g/mol. The summed E-state index contributed by atoms with van der Waals surface area (Å²) >= 11 is 11.9. The van der Waals surface area contributed by atoms with E-state index >= 15 is 0 Å². The van der Waals surface area contributed by atoms with Crippen molar-refractivity contribution >= 4 is 40.7 Å². The van der Waals surface area contributed by atoms with Crippen LogP contribution in [0.15, 0.2) is 42.5 Å². The Bertz CT molecular complexity index is 939. The fourth-order valence-electron chi connectivity index (χ4n) is 2.83. The summed E-state index contributed by atoms with van der Waals surface area (Å²) in [6.07, 6.45) is 0. The molecule has 7 heteroatoms. The molecule has 27 heavy (non-hydrogen) atoms. The number of nitrogen functional groups attached to an aromatic ring is 1. The molecule has 0 fully saturated rings. The lowest BCUT2D eigenvalue weighted by molar-refractivity contribution is 1.05. The van der Waals surface area contributed by atoms with E-state index in [0.29, 0.717) is 29.0 Å². The lowest BCUT2D eigenvalue weighted by atomic mass is 10.0. The standard InChI is InChI=1S/C20H21Cl2N5/c1-12-7-13(2)9-14(8-12)18-11-19(27-20(23)26-18)25-6-5-24-15-3-4-16(21)17(22)10-15/h3-4,7-11,24H,5-6H2,1-2H3,(H3,23,25,26,27). The molecule has 2 aromatic carbocycles. The van der Waals surface area contributed by atoms with Crippen molar-refractivity contribution in [1.82, 2.24) is 9.97 Å². The van der Waals surface area contributed by atoms with Gasteiger partial charge in [-0.05, 0) is 44.2 Å². The first-order valence-corrected chi connectivity index (χ1v) is 9.32. The zero-order valence-electron chi connectivity index (χ0n) is 15.2. The number of hydrogen-bond donors (Lipinski definition) is 3. The van der Waals surface area contributed by atoms with Crippen LogP contribution in [0.25, 0.3) is 11.3 Å². The second kappa shape index (κ2) is 8.46. The average Bonchev–Trinajstić information content (AvgIpc) is 2.60. The van der Waals surface area contributed by atoms with E-state index in [-0.39, 0.29) is 5.95 Å². The number of rotatable bonds is 6. The van der Waals surface area contributed by atoms with Gasteiger partial charge in [0.1, 0.15) is 5.82 Å². The summed E-state index contributed by atoms with van der Waals surface area (Å²) in [6.45, 7) is 5.47. The third kappa shape index (κ3) is 5.25. The fourth-order valence-corrected chi connectivity index (χ4v) is 3.13. The van der Waals surface area contributed by atoms with Gasteiger partial charge in [-0.15, -0.1) is 0 Å². The molecule has 0 aliphatic carbocycles. The van der Waals surface area contributed by atoms with Gasteiger partial charge in [-0.25, -0.2) is 4.98 Å². The molecular weight excluding hydrogens is 381 g/mol. The monoisotopic (exact) mass is 401 g/mol. The molecule has 0 atom stereocenters. The van der Waals surface area contributed by atoms with Crippen molar-refractivity contribution in [2.75, 3.05) is 29.5 Å². The third-order valence-electron chi connectivity index (χ3n) is 3.94. The minimum Gasteiger partial charge on any atom is -0.383 e. The van der Waals surface area contributed by atoms with Crippen molar-refractivity contribution in [3.05, 3.63) is 63.6 Å². The highest BCUT2D eigenvalue weighted by Gasteiger charge is 2.06. The van der Waals surface area contributed by atoms with Crippen LogP contribution in [0, 0.1) is 13.8 Å². The van der Waals surface area contributed by atoms with Crippen LogP contribution in [-0.2, 0) is 0 Å². The molecule has 3 aromatic rings. The van der Waals surface area contributed by atoms with Gasteiger partial charge in [-0.3, -0.25) is 0 Å². The topological polar surface area (TPSA) is 75.9 Å². The van der Waals surface area contributed by atoms with Gasteiger partial charge in [0, 0.05) is 30.4 Å². The molecule has 0 saturated heterocycles. The van der Waals surface area contributed by atoms with E-state index in [0.717, 1.165) is 16.9 Å². The molecule has 0 aliphatic heterocycles. The molecular formula is C20H21Cl2N5. The normalized spacial score (nSPS) is 10.7. The molecule has 0 aliphatic rings. The largest absolute Gasteiger partial charge is 0.383 e. The van der Waals surface area contributed by atoms with Crippen molar-refractivity contribution in [2.24, 2.45) is 0 Å². The van der Waals surface area contributed by atoms with Crippen LogP contribution in [0.4, 0.5) is 17.5 Å². The molecule has 0 saturated carbocycles. The number of benzene rings is 2. The van der Waals surface area contributed by atoms with Crippen molar-refractivity contribution in [3.8, 4) is 11.3 Å². The Morgan fingerprint density at radius 2 is 1.56 bits per heavy atom. The molecule has 4 N–H and O–H groups in total. The molecule has 0 bridgehead atoms. The first-order valence-electron chi connectivity index (χ1n) is 8.57. The van der Waals surface area contributed by atoms with Gasteiger partial charge >= 0.3 is 0 Å². The molecule has 1 heterocycles. The lowest BCUT2D eigenvalue weighted by Crippen LogP contribution is -2.15. The zero-order valence-corrected chi connectivity index (χ0v) is 16.7. The van der Waals surface area contributed by atoms with E-state index in [2.05, 4.69) is 52.6 Å². The van der Waals surface area contributed by atoms with Gasteiger partial charge in [0.2, 0.25) is 5.95 Å². The van der Waals surface area contributed by atoms with E-state index in [1.807, 2.05) is 12.1 Å². The minimum absolute atomic E-state index is 0.242. The maximum Gasteiger partial charge on any atom is 0.222 e. The van der Waals surface area contributed by atoms with Crippen LogP contribution < -0.4 is 16.4 Å². The predicted molar refractivity (Wildman–Crippen MR) is 115 cm³/mol. The summed E-state index contributed by atoms with van der Waals surface area (Å²) in [6, 6.07) is 13.7. The summed E-state index contributed by atoms with van der Waals surface area (Å²) in [7, 11) is 0. The summed E-state index contributed by atoms with van der Waals surface area (Å²) in [5.41, 5.74) is 11.0. The van der Waals surface area contributed by atoms with Crippen LogP contribution in [-0.4, -0.2) is 23.1 Å². The van der Waals surface area contributed by atoms with Crippen LogP contribution in [0.3, 0.4) is 0 Å². The van der Waals surface area contributed by atoms with Crippen LogP contribution >= 0.6 is 23.2 Å². The highest BCUT2D eigenvalue weighted by molar-refractivity contribution is 6.42. The van der Waals surface area contributed by atoms with Crippen molar-refractivity contribution in [2.45, 2.75) is 13.8 Å². The number of aryl methyl sites for hydroxylation is 2. The Balaban J connectivity index is 1.65. The van der Waals surface area contributed by atoms with Gasteiger partial charge in [0.05, 0.1) is 15.7 Å². The fraction of sp³-hybridized carbons (Fsp3) is 0.200. The Morgan fingerprint density at radius 1 is 0.852 bits per heavy atom. The van der Waals surface area contributed by atoms with Gasteiger partial charge in [0.15, 0.2) is 0 Å². The molecule has 0 radical (unpaired) electrons. The highest BCUT2D eigenvalue weighted by atomic mass is 35.5. The number of halogens is 2. The lowest BCUT2D eigenvalue weighted by Gasteiger charge is -2.11. The van der Waals surface area contributed by atoms with Crippen molar-refractivity contribution in [1.29, 1.82) is 0 Å². The number of nitrogens with one attached hydrogen (secondary N) is 2. The maximum atomic E-state index is 6.02. The van der Waals surface area contributed by atoms with Crippen molar-refractivity contribution < 1.29 is 0 Å². The molecule has 3 rings (SSSR count). The van der Waals surface area contributed by atoms with E-state index < -0.39 is 0 Å². The van der Waals surface area contributed by atoms with Gasteiger partial charge in [0.25, 0.3) is 0 Å². The summed E-state index contributed by atoms with van der Waals surface area (Å²) in [5.74, 6) is 0.930. The second-order valence-electron chi connectivity index (χ2n) is 6.36. The molecule has 0 spiro atoms. The first-order chi connectivity index (χ1) is 12.9. The minimum atomic E-state index is 0.242. The van der Waals surface area contributed by atoms with Crippen LogP contribution in [0.1, 0.15) is 11.1 Å². The number of hydrogen-bond acceptors (Lipinski definition) is 5. The predicted octanol–water partition coefficient (Wildman–Crippen LogP) is 5.17. The maximum absolute atomic E-state index is 6.02. The first kappa shape index (κ1) is 19.3. The molecule has 1 aromatic heterocycles. The van der Waals surface area contributed by atoms with Gasteiger partial charge in [-0.1, -0.05) is 40.4 Å². The molecule has 0 unspecified atom stereocenters. The Kier molecular flexibility index (Phi) is 6.04. The number of nitrogens with two attached hydrogens (primary N) is 1. The van der Waals surface area contributed by atoms with E-state index in [9.17, 15) is 0 Å². The van der Waals surface area contributed by atoms with E-state index in [1.165, 1.54) is 11.1 Å². The van der Waals surface area contributed by atoms with Gasteiger partial charge in [-0.2, -0.15) is 4.98 Å². The van der Waals surface area contributed by atoms with Crippen LogP contribution in [0.5, 0.6) is 0 Å². The summed E-state index contributed by atoms with van der Waals surface area (Å²) in [4.78, 5) is 8.63. The molecule has 140 valence electrons. The van der Waals surface area contributed by atoms with Crippen LogP contribution in [0.2, 0.25) is 10.0 Å². The summed E-state index contributed by atoms with van der Waals surface area (Å²) in [5, 5.41) is 7.61. The van der Waals surface area contributed by atoms with Crippen molar-refractivity contribution in [3.63, 3.8) is 0 Å². The van der Waals surface area contributed by atoms with Gasteiger partial charge < -0.3 is 16.4 Å². The molecule has 0 amide bonds. The molecule has 5 nitrogen and oxygen atoms in total. The number of aromatic nitrogens is 2. The zero-order chi connectivity index (χ0) is 19.4. The Morgan fingerprint density at radius 3 is 2.26 bits per heavy atom. The SMILES string of the molecule is Cc1cc(C)cc(-c2cc(NCCNc3ccc(Cl)c(Cl)c3)nc(N)n2)c1. The third-order valence-corrected chi connectivity index (χ3v) is 4.68. The Hall–Kier alpha value is -2.50. The Labute approximate surface area is 168 Å². The second-order valence-corrected chi connectivity index (χ2v) is 7.17. The smallest absolute Gasteiger partial charge is 0.222 e. The summed E-state index contributed by atoms with van der Waals surface area (Å²) < 4.78 is 0.